The average Bonchev–Trinajstić information content (AvgIpc) is 2.79. The quantitative estimate of drug-likeness (QED) is 0.675. The van der Waals surface area contributed by atoms with Crippen molar-refractivity contribution in [3.63, 3.8) is 0 Å². The van der Waals surface area contributed by atoms with Crippen LogP contribution in [0, 0.1) is 44.8 Å². The van der Waals surface area contributed by atoms with Gasteiger partial charge >= 0.3 is 0 Å². The molecule has 2 aromatic rings. The third kappa shape index (κ3) is 3.89. The summed E-state index contributed by atoms with van der Waals surface area (Å²) >= 11 is 0. The van der Waals surface area contributed by atoms with Crippen LogP contribution in [0.3, 0.4) is 0 Å². The molecule has 5 nitrogen and oxygen atoms in total. The second-order valence-electron chi connectivity index (χ2n) is 8.67. The Balaban J connectivity index is 1.81. The van der Waals surface area contributed by atoms with Crippen LogP contribution in [0.5, 0.6) is 5.75 Å². The molecule has 1 aliphatic heterocycles. The summed E-state index contributed by atoms with van der Waals surface area (Å²) in [7, 11) is 0. The van der Waals surface area contributed by atoms with E-state index in [4.69, 9.17) is 15.2 Å². The van der Waals surface area contributed by atoms with Gasteiger partial charge in [-0.3, -0.25) is 4.79 Å². The number of carbonyl (C=O) groups is 1. The van der Waals surface area contributed by atoms with Crippen LogP contribution in [0.2, 0.25) is 0 Å². The second-order valence-corrected chi connectivity index (χ2v) is 8.67. The van der Waals surface area contributed by atoms with Crippen molar-refractivity contribution in [2.75, 3.05) is 0 Å². The van der Waals surface area contributed by atoms with Gasteiger partial charge in [0.15, 0.2) is 5.78 Å². The summed E-state index contributed by atoms with van der Waals surface area (Å²) < 4.78 is 24.9. The Labute approximate surface area is 193 Å². The molecule has 0 saturated carbocycles. The summed E-state index contributed by atoms with van der Waals surface area (Å²) in [5, 5.41) is 9.93. The highest BCUT2D eigenvalue weighted by Gasteiger charge is 2.40. The molecule has 33 heavy (non-hydrogen) atoms. The van der Waals surface area contributed by atoms with Crippen LogP contribution in [0.1, 0.15) is 58.6 Å². The maximum absolute atomic E-state index is 13.2. The van der Waals surface area contributed by atoms with Gasteiger partial charge in [-0.2, -0.15) is 5.26 Å². The minimum atomic E-state index is -0.531. The Kier molecular flexibility index (Phi) is 5.99. The molecule has 2 aromatic carbocycles. The first kappa shape index (κ1) is 22.6. The van der Waals surface area contributed by atoms with Gasteiger partial charge in [-0.25, -0.2) is 4.39 Å². The van der Waals surface area contributed by atoms with Gasteiger partial charge in [-0.05, 0) is 91.8 Å². The predicted molar refractivity (Wildman–Crippen MR) is 123 cm³/mol. The Morgan fingerprint density at radius 2 is 1.73 bits per heavy atom. The normalized spacial score (nSPS) is 18.1. The third-order valence-corrected chi connectivity index (χ3v) is 6.93. The van der Waals surface area contributed by atoms with Gasteiger partial charge in [0.1, 0.15) is 35.6 Å². The zero-order valence-corrected chi connectivity index (χ0v) is 19.3. The lowest BCUT2D eigenvalue weighted by Gasteiger charge is -2.33. The monoisotopic (exact) mass is 446 g/mol. The fourth-order valence-electron chi connectivity index (χ4n) is 4.90. The maximum atomic E-state index is 13.2. The highest BCUT2D eigenvalue weighted by atomic mass is 19.1. The third-order valence-electron chi connectivity index (χ3n) is 6.93. The average molecular weight is 447 g/mol. The number of hydrogen-bond acceptors (Lipinski definition) is 5. The van der Waals surface area contributed by atoms with E-state index in [1.807, 2.05) is 27.7 Å². The Morgan fingerprint density at radius 1 is 1.09 bits per heavy atom. The number of nitrogens with zero attached hydrogens (tertiary/aromatic N) is 1. The highest BCUT2D eigenvalue weighted by molar-refractivity contribution is 5.99. The molecule has 1 heterocycles. The van der Waals surface area contributed by atoms with E-state index in [1.54, 1.807) is 12.1 Å². The standard InChI is InChI=1S/C27H27FN2O3/c1-14-16(3)24(17(4)15(2)21(14)13-32-19-10-8-18(28)9-11-19)25-20(12-29)27(30)33-23-7-5-6-22(31)26(23)25/h8-11,25H,5-7,13,30H2,1-4H3. The largest absolute Gasteiger partial charge is 0.489 e. The van der Waals surface area contributed by atoms with Gasteiger partial charge in [0, 0.05) is 18.4 Å². The van der Waals surface area contributed by atoms with Crippen LogP contribution in [-0.2, 0) is 16.1 Å². The molecular weight excluding hydrogens is 419 g/mol. The Hall–Kier alpha value is -3.59. The van der Waals surface area contributed by atoms with Crippen LogP contribution < -0.4 is 10.5 Å². The predicted octanol–water partition coefficient (Wildman–Crippen LogP) is 5.45. The molecule has 0 fully saturated rings. The minimum Gasteiger partial charge on any atom is -0.489 e. The first-order valence-corrected chi connectivity index (χ1v) is 11.1. The molecule has 0 radical (unpaired) electrons. The molecule has 1 unspecified atom stereocenters. The number of ether oxygens (including phenoxy) is 2. The zero-order chi connectivity index (χ0) is 23.9. The van der Waals surface area contributed by atoms with Gasteiger partial charge < -0.3 is 15.2 Å². The summed E-state index contributed by atoms with van der Waals surface area (Å²) in [5.41, 5.74) is 13.0. The molecule has 2 aliphatic rings. The van der Waals surface area contributed by atoms with Gasteiger partial charge in [-0.15, -0.1) is 0 Å². The fourth-order valence-corrected chi connectivity index (χ4v) is 4.90. The van der Waals surface area contributed by atoms with Gasteiger partial charge in [0.2, 0.25) is 5.88 Å². The number of nitrogens with two attached hydrogens (primary N) is 1. The van der Waals surface area contributed by atoms with E-state index < -0.39 is 5.92 Å². The lowest BCUT2D eigenvalue weighted by Crippen LogP contribution is -2.28. The number of allylic oxidation sites excluding steroid dienone is 3. The van der Waals surface area contributed by atoms with Crippen molar-refractivity contribution < 1.29 is 18.7 Å². The number of nitriles is 1. The molecule has 0 amide bonds. The van der Waals surface area contributed by atoms with E-state index in [2.05, 4.69) is 6.07 Å². The fraction of sp³-hybridized carbons (Fsp3) is 0.333. The van der Waals surface area contributed by atoms with Crippen LogP contribution in [-0.4, -0.2) is 5.78 Å². The summed E-state index contributed by atoms with van der Waals surface area (Å²) in [6, 6.07) is 8.14. The van der Waals surface area contributed by atoms with E-state index in [9.17, 15) is 14.4 Å². The van der Waals surface area contributed by atoms with Crippen LogP contribution in [0.4, 0.5) is 4.39 Å². The molecule has 0 bridgehead atoms. The van der Waals surface area contributed by atoms with Gasteiger partial charge in [0.05, 0.1) is 5.92 Å². The van der Waals surface area contributed by atoms with Crippen molar-refractivity contribution in [1.29, 1.82) is 5.26 Å². The SMILES string of the molecule is Cc1c(C)c(C2C(C#N)=C(N)OC3=C2C(=O)CCC3)c(C)c(C)c1COc1ccc(F)cc1. The van der Waals surface area contributed by atoms with Crippen LogP contribution in [0.15, 0.2) is 47.1 Å². The molecule has 0 aromatic heterocycles. The smallest absolute Gasteiger partial charge is 0.205 e. The van der Waals surface area contributed by atoms with Gasteiger partial charge in [0.25, 0.3) is 0 Å². The number of benzene rings is 2. The van der Waals surface area contributed by atoms with Crippen molar-refractivity contribution in [3.8, 4) is 11.8 Å². The van der Waals surface area contributed by atoms with Crippen molar-refractivity contribution in [1.82, 2.24) is 0 Å². The minimum absolute atomic E-state index is 0.0133. The molecule has 170 valence electrons. The first-order chi connectivity index (χ1) is 15.7. The van der Waals surface area contributed by atoms with E-state index >= 15 is 0 Å². The second kappa shape index (κ2) is 8.74. The van der Waals surface area contributed by atoms with Crippen molar-refractivity contribution >= 4 is 5.78 Å². The molecular formula is C27H27FN2O3. The maximum Gasteiger partial charge on any atom is 0.205 e. The summed E-state index contributed by atoms with van der Waals surface area (Å²) in [5.74, 6) is 0.424. The molecule has 6 heteroatoms. The Bertz CT molecular complexity index is 1220. The molecule has 1 aliphatic carbocycles. The van der Waals surface area contributed by atoms with Crippen molar-refractivity contribution in [2.24, 2.45) is 5.73 Å². The highest BCUT2D eigenvalue weighted by Crippen LogP contribution is 2.46. The number of halogens is 1. The molecule has 0 saturated heterocycles. The van der Waals surface area contributed by atoms with E-state index in [-0.39, 0.29) is 23.1 Å². The number of carbonyl (C=O) groups excluding carboxylic acids is 1. The molecule has 0 spiro atoms. The number of hydrogen-bond donors (Lipinski definition) is 1. The number of rotatable bonds is 4. The Morgan fingerprint density at radius 3 is 2.33 bits per heavy atom. The van der Waals surface area contributed by atoms with Gasteiger partial charge in [-0.1, -0.05) is 0 Å². The van der Waals surface area contributed by atoms with Crippen molar-refractivity contribution in [3.05, 3.63) is 86.3 Å². The summed E-state index contributed by atoms with van der Waals surface area (Å²) in [6.45, 7) is 8.38. The zero-order valence-electron chi connectivity index (χ0n) is 19.3. The molecule has 2 N–H and O–H groups in total. The van der Waals surface area contributed by atoms with Crippen LogP contribution in [0.25, 0.3) is 0 Å². The van der Waals surface area contributed by atoms with E-state index in [0.717, 1.165) is 39.8 Å². The molecule has 4 rings (SSSR count). The van der Waals surface area contributed by atoms with Crippen LogP contribution >= 0.6 is 0 Å². The lowest BCUT2D eigenvalue weighted by atomic mass is 9.73. The molecule has 1 atom stereocenters. The van der Waals surface area contributed by atoms with E-state index in [1.165, 1.54) is 12.1 Å². The summed E-state index contributed by atoms with van der Waals surface area (Å²) in [4.78, 5) is 13.0. The van der Waals surface area contributed by atoms with E-state index in [0.29, 0.717) is 36.5 Å². The number of Topliss-reactive ketones (excluding diaryl/α,β-unsaturated/α-hetero) is 1. The first-order valence-electron chi connectivity index (χ1n) is 11.1. The topological polar surface area (TPSA) is 85.3 Å². The number of ketones is 1. The lowest BCUT2D eigenvalue weighted by molar-refractivity contribution is -0.116. The van der Waals surface area contributed by atoms with Crippen molar-refractivity contribution in [2.45, 2.75) is 59.5 Å². The summed E-state index contributed by atoms with van der Waals surface area (Å²) in [6.07, 6.45) is 1.79.